The maximum atomic E-state index is 12.2. The first kappa shape index (κ1) is 17.9. The molecule has 0 saturated heterocycles. The Hall–Kier alpha value is -2.86. The molecule has 3 rings (SSSR count). The number of halogens is 3. The minimum atomic E-state index is -4.69. The molecule has 0 amide bonds. The van der Waals surface area contributed by atoms with Crippen molar-refractivity contribution < 1.29 is 22.6 Å². The Morgan fingerprint density at radius 3 is 2.23 bits per heavy atom. The average molecular weight is 359 g/mol. The lowest BCUT2D eigenvalue weighted by Gasteiger charge is -2.11. The average Bonchev–Trinajstić information content (AvgIpc) is 2.61. The van der Waals surface area contributed by atoms with Gasteiger partial charge >= 0.3 is 6.36 Å². The van der Waals surface area contributed by atoms with Crippen LogP contribution in [0.5, 0.6) is 5.75 Å². The summed E-state index contributed by atoms with van der Waals surface area (Å²) in [6, 6.07) is 17.2. The van der Waals surface area contributed by atoms with Crippen molar-refractivity contribution in [3.8, 4) is 5.75 Å². The van der Waals surface area contributed by atoms with E-state index in [1.54, 1.807) is 0 Å². The molecule has 6 heteroatoms. The van der Waals surface area contributed by atoms with E-state index in [1.807, 2.05) is 36.4 Å². The summed E-state index contributed by atoms with van der Waals surface area (Å²) in [5, 5.41) is 9.48. The topological polar surface area (TPSA) is 42.3 Å². The van der Waals surface area contributed by atoms with Crippen LogP contribution in [0.3, 0.4) is 0 Å². The SMILES string of the molecule is N=Cc1cccc2c(COCc3ccc(OC(F)(F)F)cc3)cccc12. The fourth-order valence-electron chi connectivity index (χ4n) is 2.72. The predicted molar refractivity (Wildman–Crippen MR) is 93.5 cm³/mol. The number of hydrogen-bond donors (Lipinski definition) is 1. The van der Waals surface area contributed by atoms with Crippen molar-refractivity contribution in [2.75, 3.05) is 0 Å². The van der Waals surface area contributed by atoms with E-state index in [0.717, 1.165) is 27.5 Å². The lowest BCUT2D eigenvalue weighted by atomic mass is 10.0. The summed E-state index contributed by atoms with van der Waals surface area (Å²) in [7, 11) is 0. The predicted octanol–water partition coefficient (Wildman–Crippen LogP) is 5.45. The Kier molecular flexibility index (Phi) is 5.23. The largest absolute Gasteiger partial charge is 0.573 e. The quantitative estimate of drug-likeness (QED) is 0.595. The van der Waals surface area contributed by atoms with Crippen LogP contribution in [0.2, 0.25) is 0 Å². The minimum Gasteiger partial charge on any atom is -0.406 e. The van der Waals surface area contributed by atoms with Crippen LogP contribution in [0, 0.1) is 5.41 Å². The number of fused-ring (bicyclic) bond motifs is 1. The molecule has 0 fully saturated rings. The second-order valence-electron chi connectivity index (χ2n) is 5.69. The molecule has 0 radical (unpaired) electrons. The first-order chi connectivity index (χ1) is 12.5. The molecule has 3 aromatic carbocycles. The standard InChI is InChI=1S/C20H16F3NO2/c21-20(22,23)26-17-9-7-14(8-10-17)12-25-13-16-4-2-5-18-15(11-24)3-1-6-19(16)18/h1-11,24H,12-13H2. The molecule has 0 unspecified atom stereocenters. The van der Waals surface area contributed by atoms with E-state index in [9.17, 15) is 13.2 Å². The van der Waals surface area contributed by atoms with Gasteiger partial charge in [0.05, 0.1) is 13.2 Å². The Morgan fingerprint density at radius 1 is 0.846 bits per heavy atom. The highest BCUT2D eigenvalue weighted by molar-refractivity contribution is 6.00. The molecule has 0 heterocycles. The monoisotopic (exact) mass is 359 g/mol. The molecule has 0 atom stereocenters. The molecule has 0 saturated carbocycles. The van der Waals surface area contributed by atoms with E-state index in [4.69, 9.17) is 10.1 Å². The smallest absolute Gasteiger partial charge is 0.406 e. The van der Waals surface area contributed by atoms with E-state index in [-0.39, 0.29) is 12.4 Å². The molecule has 26 heavy (non-hydrogen) atoms. The lowest BCUT2D eigenvalue weighted by molar-refractivity contribution is -0.274. The second-order valence-corrected chi connectivity index (χ2v) is 5.69. The first-order valence-corrected chi connectivity index (χ1v) is 7.90. The third-order valence-corrected chi connectivity index (χ3v) is 3.88. The van der Waals surface area contributed by atoms with Crippen LogP contribution in [0.15, 0.2) is 60.7 Å². The molecule has 0 bridgehead atoms. The molecule has 0 aromatic heterocycles. The van der Waals surface area contributed by atoms with Gasteiger partial charge in [-0.3, -0.25) is 0 Å². The summed E-state index contributed by atoms with van der Waals surface area (Å²) in [6.45, 7) is 0.631. The first-order valence-electron chi connectivity index (χ1n) is 7.90. The number of rotatable bonds is 6. The van der Waals surface area contributed by atoms with E-state index in [2.05, 4.69) is 4.74 Å². The van der Waals surface area contributed by atoms with E-state index >= 15 is 0 Å². The molecular formula is C20H16F3NO2. The Balaban J connectivity index is 1.65. The fourth-order valence-corrected chi connectivity index (χ4v) is 2.72. The van der Waals surface area contributed by atoms with Gasteiger partial charge in [-0.05, 0) is 39.6 Å². The van der Waals surface area contributed by atoms with Crippen molar-refractivity contribution in [1.82, 2.24) is 0 Å². The highest BCUT2D eigenvalue weighted by atomic mass is 19.4. The van der Waals surface area contributed by atoms with Gasteiger partial charge in [0.15, 0.2) is 0 Å². The van der Waals surface area contributed by atoms with Crippen LogP contribution < -0.4 is 4.74 Å². The second kappa shape index (κ2) is 7.58. The summed E-state index contributed by atoms with van der Waals surface area (Å²) in [5.41, 5.74) is 2.58. The van der Waals surface area contributed by atoms with Gasteiger partial charge in [0.2, 0.25) is 0 Å². The third-order valence-electron chi connectivity index (χ3n) is 3.88. The molecule has 3 nitrogen and oxygen atoms in total. The molecule has 134 valence electrons. The van der Waals surface area contributed by atoms with Gasteiger partial charge in [-0.15, -0.1) is 13.2 Å². The molecule has 0 spiro atoms. The van der Waals surface area contributed by atoms with Gasteiger partial charge in [-0.1, -0.05) is 48.5 Å². The van der Waals surface area contributed by atoms with Gasteiger partial charge < -0.3 is 14.9 Å². The van der Waals surface area contributed by atoms with Crippen LogP contribution in [0.1, 0.15) is 16.7 Å². The summed E-state index contributed by atoms with van der Waals surface area (Å²) in [4.78, 5) is 0. The zero-order valence-electron chi connectivity index (χ0n) is 13.7. The van der Waals surface area contributed by atoms with Crippen molar-refractivity contribution >= 4 is 17.0 Å². The third kappa shape index (κ3) is 4.40. The highest BCUT2D eigenvalue weighted by Gasteiger charge is 2.30. The van der Waals surface area contributed by atoms with Gasteiger partial charge in [0.1, 0.15) is 5.75 Å². The number of nitrogens with one attached hydrogen (secondary N) is 1. The van der Waals surface area contributed by atoms with E-state index in [0.29, 0.717) is 6.61 Å². The van der Waals surface area contributed by atoms with E-state index in [1.165, 1.54) is 30.5 Å². The molecular weight excluding hydrogens is 343 g/mol. The maximum absolute atomic E-state index is 12.2. The number of hydrogen-bond acceptors (Lipinski definition) is 3. The van der Waals surface area contributed by atoms with Crippen molar-refractivity contribution in [1.29, 1.82) is 5.41 Å². The van der Waals surface area contributed by atoms with Gasteiger partial charge in [0.25, 0.3) is 0 Å². The summed E-state index contributed by atoms with van der Waals surface area (Å²) in [5.74, 6) is -0.255. The molecule has 0 aliphatic heterocycles. The maximum Gasteiger partial charge on any atom is 0.573 e. The Labute approximate surface area is 148 Å². The van der Waals surface area contributed by atoms with Crippen LogP contribution >= 0.6 is 0 Å². The highest BCUT2D eigenvalue weighted by Crippen LogP contribution is 2.24. The number of ether oxygens (including phenoxy) is 2. The van der Waals surface area contributed by atoms with Crippen LogP contribution in [-0.4, -0.2) is 12.6 Å². The zero-order valence-corrected chi connectivity index (χ0v) is 13.7. The van der Waals surface area contributed by atoms with Crippen molar-refractivity contribution in [3.05, 3.63) is 77.4 Å². The van der Waals surface area contributed by atoms with Crippen LogP contribution in [-0.2, 0) is 18.0 Å². The van der Waals surface area contributed by atoms with Crippen molar-refractivity contribution in [2.24, 2.45) is 0 Å². The summed E-state index contributed by atoms with van der Waals surface area (Å²) >= 11 is 0. The van der Waals surface area contributed by atoms with Gasteiger partial charge in [0, 0.05) is 6.21 Å². The van der Waals surface area contributed by atoms with Crippen LogP contribution in [0.25, 0.3) is 10.8 Å². The van der Waals surface area contributed by atoms with Gasteiger partial charge in [-0.2, -0.15) is 0 Å². The number of benzene rings is 3. The zero-order chi connectivity index (χ0) is 18.6. The molecule has 0 aliphatic rings. The molecule has 0 aliphatic carbocycles. The molecule has 3 aromatic rings. The van der Waals surface area contributed by atoms with Crippen LogP contribution in [0.4, 0.5) is 13.2 Å². The summed E-state index contributed by atoms with van der Waals surface area (Å²) < 4.78 is 46.0. The normalized spacial score (nSPS) is 11.5. The van der Waals surface area contributed by atoms with Crippen molar-refractivity contribution in [2.45, 2.75) is 19.6 Å². The van der Waals surface area contributed by atoms with E-state index < -0.39 is 6.36 Å². The Bertz CT molecular complexity index is 905. The fraction of sp³-hybridized carbons (Fsp3) is 0.150. The van der Waals surface area contributed by atoms with Gasteiger partial charge in [-0.25, -0.2) is 0 Å². The minimum absolute atomic E-state index is 0.255. The number of alkyl halides is 3. The Morgan fingerprint density at radius 2 is 1.54 bits per heavy atom. The lowest BCUT2D eigenvalue weighted by Crippen LogP contribution is -2.17. The molecule has 1 N–H and O–H groups in total. The summed E-state index contributed by atoms with van der Waals surface area (Å²) in [6.07, 6.45) is -3.38. The van der Waals surface area contributed by atoms with Crippen molar-refractivity contribution in [3.63, 3.8) is 0 Å².